The zero-order valence-electron chi connectivity index (χ0n) is 17.1. The molecule has 6 nitrogen and oxygen atoms in total. The van der Waals surface area contributed by atoms with Gasteiger partial charge in [-0.05, 0) is 35.3 Å². The summed E-state index contributed by atoms with van der Waals surface area (Å²) in [6, 6.07) is 8.81. The molecule has 0 spiro atoms. The van der Waals surface area contributed by atoms with Crippen molar-refractivity contribution < 1.29 is 23.0 Å². The summed E-state index contributed by atoms with van der Waals surface area (Å²) in [6.45, 7) is 7.42. The highest BCUT2D eigenvalue weighted by atomic mass is 19.4. The minimum atomic E-state index is -4.66. The van der Waals surface area contributed by atoms with E-state index < -0.39 is 38.1 Å². The number of benzene rings is 2. The lowest BCUT2D eigenvalue weighted by molar-refractivity contribution is -0.386. The van der Waals surface area contributed by atoms with Crippen molar-refractivity contribution in [1.29, 1.82) is 0 Å². The number of rotatable bonds is 7. The Morgan fingerprint density at radius 3 is 1.73 bits per heavy atom. The number of halogens is 3. The fraction of sp³-hybridized carbons (Fsp3) is 0.429. The minimum Gasteiger partial charge on any atom is -0.258 e. The van der Waals surface area contributed by atoms with Crippen molar-refractivity contribution in [2.75, 3.05) is 0 Å². The van der Waals surface area contributed by atoms with Crippen LogP contribution in [0, 0.1) is 20.2 Å². The second kappa shape index (κ2) is 8.04. The summed E-state index contributed by atoms with van der Waals surface area (Å²) < 4.78 is 38.9. The van der Waals surface area contributed by atoms with Gasteiger partial charge in [-0.15, -0.1) is 0 Å². The molecule has 0 fully saturated rings. The van der Waals surface area contributed by atoms with E-state index in [4.69, 9.17) is 0 Å². The zero-order chi connectivity index (χ0) is 22.9. The third kappa shape index (κ3) is 5.14. The molecule has 9 heteroatoms. The van der Waals surface area contributed by atoms with Crippen LogP contribution in [0.2, 0.25) is 0 Å². The third-order valence-electron chi connectivity index (χ3n) is 5.49. The van der Waals surface area contributed by atoms with Gasteiger partial charge in [-0.3, -0.25) is 20.2 Å². The van der Waals surface area contributed by atoms with Gasteiger partial charge in [-0.2, -0.15) is 13.2 Å². The van der Waals surface area contributed by atoms with E-state index in [-0.39, 0.29) is 11.3 Å². The van der Waals surface area contributed by atoms with Gasteiger partial charge in [0.05, 0.1) is 15.4 Å². The highest BCUT2D eigenvalue weighted by Gasteiger charge is 2.36. The number of alkyl halides is 3. The van der Waals surface area contributed by atoms with Gasteiger partial charge >= 0.3 is 6.18 Å². The molecule has 0 atom stereocenters. The van der Waals surface area contributed by atoms with E-state index in [1.54, 1.807) is 26.0 Å². The molecule has 0 aliphatic carbocycles. The Balaban J connectivity index is 2.29. The fourth-order valence-corrected chi connectivity index (χ4v) is 3.37. The molecule has 0 bridgehead atoms. The summed E-state index contributed by atoms with van der Waals surface area (Å²) in [7, 11) is 0. The van der Waals surface area contributed by atoms with Crippen molar-refractivity contribution in [3.05, 3.63) is 79.4 Å². The van der Waals surface area contributed by atoms with Crippen molar-refractivity contribution in [1.82, 2.24) is 0 Å². The third-order valence-corrected chi connectivity index (χ3v) is 5.49. The first kappa shape index (κ1) is 23.3. The molecule has 0 amide bonds. The van der Waals surface area contributed by atoms with Crippen LogP contribution in [-0.2, 0) is 17.0 Å². The van der Waals surface area contributed by atoms with E-state index in [1.807, 2.05) is 13.8 Å². The van der Waals surface area contributed by atoms with Crippen molar-refractivity contribution >= 4 is 11.4 Å². The Morgan fingerprint density at radius 1 is 0.767 bits per heavy atom. The van der Waals surface area contributed by atoms with E-state index >= 15 is 0 Å². The average Bonchev–Trinajstić information content (AvgIpc) is 2.65. The van der Waals surface area contributed by atoms with E-state index in [9.17, 15) is 33.4 Å². The molecule has 0 aliphatic rings. The second-order valence-electron chi connectivity index (χ2n) is 8.56. The molecule has 0 unspecified atom stereocenters. The first-order valence-electron chi connectivity index (χ1n) is 9.26. The molecule has 30 heavy (non-hydrogen) atoms. The fourth-order valence-electron chi connectivity index (χ4n) is 3.37. The predicted octanol–water partition coefficient (Wildman–Crippen LogP) is 6.56. The van der Waals surface area contributed by atoms with Crippen molar-refractivity contribution in [2.45, 2.75) is 57.5 Å². The largest absolute Gasteiger partial charge is 0.416 e. The first-order valence-corrected chi connectivity index (χ1v) is 9.26. The number of nitro groups is 2. The molecule has 2 aromatic carbocycles. The van der Waals surface area contributed by atoms with Gasteiger partial charge in [0, 0.05) is 23.8 Å². The molecule has 162 valence electrons. The Kier molecular flexibility index (Phi) is 6.25. The SMILES string of the molecule is CC(C)(CCC(C)(C)c1ccc(C(F)(F)F)cc1[N+](=O)[O-])c1ccc([N+](=O)[O-])cc1. The smallest absolute Gasteiger partial charge is 0.258 e. The maximum Gasteiger partial charge on any atom is 0.416 e. The molecule has 0 radical (unpaired) electrons. The van der Waals surface area contributed by atoms with Crippen molar-refractivity contribution in [2.24, 2.45) is 0 Å². The van der Waals surface area contributed by atoms with Crippen LogP contribution in [0.3, 0.4) is 0 Å². The van der Waals surface area contributed by atoms with Crippen LogP contribution in [0.25, 0.3) is 0 Å². The van der Waals surface area contributed by atoms with Gasteiger partial charge in [0.25, 0.3) is 11.4 Å². The standard InChI is InChI=1S/C21H23F3N2O4/c1-19(2,14-5-8-16(9-6-14)25(27)28)11-12-20(3,4)17-10-7-15(21(22,23)24)13-18(17)26(29)30/h5-10,13H,11-12H2,1-4H3. The van der Waals surface area contributed by atoms with Gasteiger partial charge in [-0.25, -0.2) is 0 Å². The topological polar surface area (TPSA) is 86.3 Å². The molecule has 0 aliphatic heterocycles. The Morgan fingerprint density at radius 2 is 1.27 bits per heavy atom. The lowest BCUT2D eigenvalue weighted by Gasteiger charge is -2.32. The number of hydrogen-bond acceptors (Lipinski definition) is 4. The lowest BCUT2D eigenvalue weighted by Crippen LogP contribution is -2.25. The second-order valence-corrected chi connectivity index (χ2v) is 8.56. The van der Waals surface area contributed by atoms with Crippen LogP contribution < -0.4 is 0 Å². The number of hydrogen-bond donors (Lipinski definition) is 0. The molecule has 0 N–H and O–H groups in total. The van der Waals surface area contributed by atoms with Gasteiger partial charge in [-0.1, -0.05) is 45.9 Å². The highest BCUT2D eigenvalue weighted by Crippen LogP contribution is 2.41. The predicted molar refractivity (Wildman–Crippen MR) is 106 cm³/mol. The van der Waals surface area contributed by atoms with E-state index in [0.717, 1.165) is 11.6 Å². The summed E-state index contributed by atoms with van der Waals surface area (Å²) in [5.74, 6) is 0. The molecule has 2 rings (SSSR count). The Bertz CT molecular complexity index is 952. The van der Waals surface area contributed by atoms with Crippen LogP contribution in [0.4, 0.5) is 24.5 Å². The van der Waals surface area contributed by atoms with Crippen LogP contribution in [0.1, 0.15) is 57.2 Å². The van der Waals surface area contributed by atoms with Gasteiger partial charge in [0.1, 0.15) is 0 Å². The van der Waals surface area contributed by atoms with Crippen LogP contribution in [-0.4, -0.2) is 9.85 Å². The van der Waals surface area contributed by atoms with Crippen LogP contribution in [0.15, 0.2) is 42.5 Å². The average molecular weight is 424 g/mol. The Labute approximate surface area is 172 Å². The van der Waals surface area contributed by atoms with Crippen molar-refractivity contribution in [3.63, 3.8) is 0 Å². The molecule has 0 saturated heterocycles. The molecular weight excluding hydrogens is 401 g/mol. The number of nitrogens with zero attached hydrogens (tertiary/aromatic N) is 2. The van der Waals surface area contributed by atoms with Crippen molar-refractivity contribution in [3.8, 4) is 0 Å². The normalized spacial score (nSPS) is 12.6. The molecule has 0 heterocycles. The van der Waals surface area contributed by atoms with Crippen LogP contribution in [0.5, 0.6) is 0 Å². The van der Waals surface area contributed by atoms with E-state index in [2.05, 4.69) is 0 Å². The minimum absolute atomic E-state index is 0.0183. The number of non-ortho nitro benzene ring substituents is 1. The van der Waals surface area contributed by atoms with Gasteiger partial charge < -0.3 is 0 Å². The highest BCUT2D eigenvalue weighted by molar-refractivity contribution is 5.48. The van der Waals surface area contributed by atoms with Gasteiger partial charge in [0.2, 0.25) is 0 Å². The summed E-state index contributed by atoms with van der Waals surface area (Å²) >= 11 is 0. The van der Waals surface area contributed by atoms with E-state index in [1.165, 1.54) is 18.2 Å². The zero-order valence-corrected chi connectivity index (χ0v) is 17.1. The summed E-state index contributed by atoms with van der Waals surface area (Å²) in [5, 5.41) is 22.3. The molecule has 2 aromatic rings. The maximum absolute atomic E-state index is 13.0. The molecular formula is C21H23F3N2O4. The first-order chi connectivity index (χ1) is 13.6. The van der Waals surface area contributed by atoms with Crippen LogP contribution >= 0.6 is 0 Å². The summed E-state index contributed by atoms with van der Waals surface area (Å²) in [6.07, 6.45) is -3.63. The molecule has 0 saturated carbocycles. The quantitative estimate of drug-likeness (QED) is 0.372. The summed E-state index contributed by atoms with van der Waals surface area (Å²) in [5.41, 5.74) is -1.68. The maximum atomic E-state index is 13.0. The molecule has 0 aromatic heterocycles. The van der Waals surface area contributed by atoms with Gasteiger partial charge in [0.15, 0.2) is 0 Å². The summed E-state index contributed by atoms with van der Waals surface area (Å²) in [4.78, 5) is 21.0. The Hall–Kier alpha value is -2.97. The van der Waals surface area contributed by atoms with E-state index in [0.29, 0.717) is 18.9 Å². The lowest BCUT2D eigenvalue weighted by atomic mass is 9.72. The monoisotopic (exact) mass is 424 g/mol. The number of nitro benzene ring substituents is 2.